The quantitative estimate of drug-likeness (QED) is 0.755. The van der Waals surface area contributed by atoms with Crippen molar-refractivity contribution in [3.05, 3.63) is 89.6 Å². The van der Waals surface area contributed by atoms with Crippen LogP contribution in [0.25, 0.3) is 0 Å². The first-order valence-corrected chi connectivity index (χ1v) is 8.90. The predicted octanol–water partition coefficient (Wildman–Crippen LogP) is 3.63. The summed E-state index contributed by atoms with van der Waals surface area (Å²) in [4.78, 5) is 18.7. The maximum Gasteiger partial charge on any atom is 0.249 e. The fraction of sp³-hybridized carbons (Fsp3) is 0.182. The van der Waals surface area contributed by atoms with E-state index in [0.29, 0.717) is 12.0 Å². The van der Waals surface area contributed by atoms with Crippen LogP contribution in [0.15, 0.2) is 72.9 Å². The lowest BCUT2D eigenvalue weighted by Crippen LogP contribution is -2.35. The second-order valence-electron chi connectivity index (χ2n) is 6.56. The zero-order chi connectivity index (χ0) is 18.8. The molecule has 5 nitrogen and oxygen atoms in total. The van der Waals surface area contributed by atoms with E-state index in [1.165, 1.54) is 0 Å². The van der Waals surface area contributed by atoms with Crippen LogP contribution in [0.4, 0.5) is 11.5 Å². The molecule has 0 bridgehead atoms. The Morgan fingerprint density at radius 2 is 1.89 bits per heavy atom. The van der Waals surface area contributed by atoms with Crippen LogP contribution in [0.3, 0.4) is 0 Å². The molecule has 27 heavy (non-hydrogen) atoms. The summed E-state index contributed by atoms with van der Waals surface area (Å²) < 4.78 is 5.92. The van der Waals surface area contributed by atoms with Crippen molar-refractivity contribution in [2.24, 2.45) is 5.73 Å². The molecular formula is C22H21N3O2. The van der Waals surface area contributed by atoms with Crippen molar-refractivity contribution < 1.29 is 9.53 Å². The first-order valence-electron chi connectivity index (χ1n) is 8.90. The van der Waals surface area contributed by atoms with Crippen LogP contribution < -0.4 is 10.6 Å². The smallest absolute Gasteiger partial charge is 0.249 e. The first-order chi connectivity index (χ1) is 13.2. The Hall–Kier alpha value is -3.18. The van der Waals surface area contributed by atoms with Crippen LogP contribution in [-0.4, -0.2) is 24.0 Å². The molecule has 2 N–H and O–H groups in total. The number of hydrogen-bond acceptors (Lipinski definition) is 4. The number of nitrogens with zero attached hydrogens (tertiary/aromatic N) is 2. The maximum atomic E-state index is 12.0. The molecule has 1 aromatic heterocycles. The number of fused-ring (bicyclic) bond motifs is 1. The van der Waals surface area contributed by atoms with Gasteiger partial charge in [-0.2, -0.15) is 0 Å². The monoisotopic (exact) mass is 359 g/mol. The van der Waals surface area contributed by atoms with Crippen LogP contribution >= 0.6 is 0 Å². The lowest BCUT2D eigenvalue weighted by Gasteiger charge is -2.32. The molecule has 2 aromatic carbocycles. The van der Waals surface area contributed by atoms with Crippen molar-refractivity contribution in [3.8, 4) is 0 Å². The molecule has 5 heteroatoms. The molecule has 0 saturated heterocycles. The van der Waals surface area contributed by atoms with Gasteiger partial charge >= 0.3 is 0 Å². The van der Waals surface area contributed by atoms with Gasteiger partial charge in [0, 0.05) is 24.6 Å². The lowest BCUT2D eigenvalue weighted by atomic mass is 9.96. The molecule has 136 valence electrons. The Labute approximate surface area is 158 Å². The third-order valence-corrected chi connectivity index (χ3v) is 5.05. The summed E-state index contributed by atoms with van der Waals surface area (Å²) in [5.74, 6) is 0.406. The van der Waals surface area contributed by atoms with Crippen LogP contribution in [0.1, 0.15) is 27.6 Å². The molecule has 0 saturated carbocycles. The number of methoxy groups -OCH3 is 1. The molecule has 0 fully saturated rings. The van der Waals surface area contributed by atoms with E-state index in [2.05, 4.69) is 22.0 Å². The van der Waals surface area contributed by atoms with Gasteiger partial charge in [-0.05, 0) is 41.8 Å². The average Bonchev–Trinajstić information content (AvgIpc) is 3.09. The van der Waals surface area contributed by atoms with Crippen molar-refractivity contribution in [2.45, 2.75) is 18.6 Å². The minimum Gasteiger partial charge on any atom is -0.375 e. The van der Waals surface area contributed by atoms with Gasteiger partial charge in [-0.3, -0.25) is 4.79 Å². The molecule has 2 heterocycles. The number of carbonyl (C=O) groups excluding carboxylic acids is 1. The van der Waals surface area contributed by atoms with Gasteiger partial charge in [0.15, 0.2) is 0 Å². The van der Waals surface area contributed by atoms with E-state index in [9.17, 15) is 4.79 Å². The van der Waals surface area contributed by atoms with Crippen molar-refractivity contribution in [2.75, 3.05) is 12.0 Å². The normalized spacial score (nSPS) is 16.8. The largest absolute Gasteiger partial charge is 0.375 e. The Kier molecular flexibility index (Phi) is 4.60. The highest BCUT2D eigenvalue weighted by atomic mass is 16.5. The van der Waals surface area contributed by atoms with Gasteiger partial charge in [0.1, 0.15) is 11.9 Å². The molecule has 3 aromatic rings. The summed E-state index contributed by atoms with van der Waals surface area (Å²) in [6.45, 7) is 0. The number of pyridine rings is 1. The van der Waals surface area contributed by atoms with Crippen LogP contribution in [0.2, 0.25) is 0 Å². The Balaban J connectivity index is 1.86. The number of hydrogen-bond donors (Lipinski definition) is 1. The third kappa shape index (κ3) is 3.06. The van der Waals surface area contributed by atoms with Crippen molar-refractivity contribution in [1.29, 1.82) is 0 Å². The molecular weight excluding hydrogens is 338 g/mol. The number of rotatable bonds is 5. The van der Waals surface area contributed by atoms with Gasteiger partial charge in [0.2, 0.25) is 5.91 Å². The molecule has 1 aliphatic heterocycles. The van der Waals surface area contributed by atoms with Crippen LogP contribution in [0.5, 0.6) is 0 Å². The summed E-state index contributed by atoms with van der Waals surface area (Å²) >= 11 is 0. The van der Waals surface area contributed by atoms with E-state index in [1.54, 1.807) is 19.4 Å². The highest BCUT2D eigenvalue weighted by molar-refractivity contribution is 5.97. The third-order valence-electron chi connectivity index (χ3n) is 5.05. The van der Waals surface area contributed by atoms with Crippen molar-refractivity contribution in [1.82, 2.24) is 4.98 Å². The SMILES string of the molecule is COC(c1ccccc1)C1Cc2c(C(N)=O)cccc2N1c1ccccn1. The van der Waals surface area contributed by atoms with E-state index in [4.69, 9.17) is 10.5 Å². The number of amides is 1. The fourth-order valence-electron chi connectivity index (χ4n) is 3.91. The standard InChI is InChI=1S/C22H21N3O2/c1-27-21(15-8-3-2-4-9-15)19-14-17-16(22(23)26)10-7-11-18(17)25(19)20-12-5-6-13-24-20/h2-13,19,21H,14H2,1H3,(H2,23,26). The van der Waals surface area contributed by atoms with Crippen molar-refractivity contribution in [3.63, 3.8) is 0 Å². The second kappa shape index (κ2) is 7.21. The molecule has 1 aliphatic rings. The zero-order valence-corrected chi connectivity index (χ0v) is 15.1. The number of anilines is 2. The van der Waals surface area contributed by atoms with Gasteiger partial charge in [-0.1, -0.05) is 42.5 Å². The number of ether oxygens (including phenoxy) is 1. The van der Waals surface area contributed by atoms with E-state index < -0.39 is 5.91 Å². The Bertz CT molecular complexity index is 944. The molecule has 2 atom stereocenters. The highest BCUT2D eigenvalue weighted by Gasteiger charge is 2.39. The molecule has 1 amide bonds. The molecule has 0 spiro atoms. The topological polar surface area (TPSA) is 68.5 Å². The van der Waals surface area contributed by atoms with Gasteiger partial charge in [-0.25, -0.2) is 4.98 Å². The summed E-state index contributed by atoms with van der Waals surface area (Å²) in [7, 11) is 1.71. The Morgan fingerprint density at radius 3 is 2.56 bits per heavy atom. The Morgan fingerprint density at radius 1 is 1.11 bits per heavy atom. The number of nitrogens with two attached hydrogens (primary N) is 1. The van der Waals surface area contributed by atoms with E-state index >= 15 is 0 Å². The van der Waals surface area contributed by atoms with Gasteiger partial charge in [-0.15, -0.1) is 0 Å². The number of carbonyl (C=O) groups is 1. The van der Waals surface area contributed by atoms with Gasteiger partial charge in [0.25, 0.3) is 0 Å². The minimum atomic E-state index is -0.415. The summed E-state index contributed by atoms with van der Waals surface area (Å²) in [6.07, 6.45) is 2.24. The summed E-state index contributed by atoms with van der Waals surface area (Å²) in [6, 6.07) is 21.5. The number of benzene rings is 2. The second-order valence-corrected chi connectivity index (χ2v) is 6.56. The van der Waals surface area contributed by atoms with Gasteiger partial charge in [0.05, 0.1) is 6.04 Å². The van der Waals surface area contributed by atoms with Crippen LogP contribution in [0, 0.1) is 0 Å². The van der Waals surface area contributed by atoms with E-state index in [-0.39, 0.29) is 12.1 Å². The van der Waals surface area contributed by atoms with Crippen molar-refractivity contribution >= 4 is 17.4 Å². The molecule has 0 radical (unpaired) electrons. The maximum absolute atomic E-state index is 12.0. The van der Waals surface area contributed by atoms with E-state index in [0.717, 1.165) is 22.6 Å². The zero-order valence-electron chi connectivity index (χ0n) is 15.1. The summed E-state index contributed by atoms with van der Waals surface area (Å²) in [5.41, 5.74) is 9.16. The van der Waals surface area contributed by atoms with Crippen LogP contribution in [-0.2, 0) is 11.2 Å². The minimum absolute atomic E-state index is 0.0391. The fourth-order valence-corrected chi connectivity index (χ4v) is 3.91. The molecule has 2 unspecified atom stereocenters. The summed E-state index contributed by atoms with van der Waals surface area (Å²) in [5, 5.41) is 0. The molecule has 0 aliphatic carbocycles. The van der Waals surface area contributed by atoms with Gasteiger partial charge < -0.3 is 15.4 Å². The predicted molar refractivity (Wildman–Crippen MR) is 105 cm³/mol. The number of primary amides is 1. The number of aromatic nitrogens is 1. The lowest BCUT2D eigenvalue weighted by molar-refractivity contribution is 0.0823. The molecule has 4 rings (SSSR count). The highest BCUT2D eigenvalue weighted by Crippen LogP contribution is 2.44. The average molecular weight is 359 g/mol. The first kappa shape index (κ1) is 17.2. The van der Waals surface area contributed by atoms with E-state index in [1.807, 2.05) is 48.5 Å².